The summed E-state index contributed by atoms with van der Waals surface area (Å²) < 4.78 is 43.4. The zero-order chi connectivity index (χ0) is 13.9. The molecule has 1 N–H and O–H groups in total. The molecule has 2 aliphatic rings. The van der Waals surface area contributed by atoms with Crippen molar-refractivity contribution < 1.29 is 17.9 Å². The van der Waals surface area contributed by atoms with Gasteiger partial charge in [0.2, 0.25) is 0 Å². The van der Waals surface area contributed by atoms with Crippen LogP contribution in [0.5, 0.6) is 0 Å². The summed E-state index contributed by atoms with van der Waals surface area (Å²) in [5.74, 6) is -0.117. The maximum Gasteiger partial charge on any atom is 0.391 e. The van der Waals surface area contributed by atoms with Crippen molar-refractivity contribution in [3.8, 4) is 0 Å². The standard InChI is InChI=1S/C14H24F3NO/c1-18-13(11-6-8-19-9-7-11)10-2-4-12(5-3-10)14(15,16)17/h10-13,18H,2-9H2,1H3. The second kappa shape index (κ2) is 6.44. The van der Waals surface area contributed by atoms with Crippen molar-refractivity contribution in [3.63, 3.8) is 0 Å². The summed E-state index contributed by atoms with van der Waals surface area (Å²) in [7, 11) is 1.94. The first-order valence-electron chi connectivity index (χ1n) is 7.34. The van der Waals surface area contributed by atoms with E-state index < -0.39 is 12.1 Å². The highest BCUT2D eigenvalue weighted by Gasteiger charge is 2.43. The van der Waals surface area contributed by atoms with Crippen LogP contribution in [0.4, 0.5) is 13.2 Å². The van der Waals surface area contributed by atoms with Crippen LogP contribution >= 0.6 is 0 Å². The Morgan fingerprint density at radius 2 is 1.47 bits per heavy atom. The van der Waals surface area contributed by atoms with Gasteiger partial charge in [-0.1, -0.05) is 0 Å². The number of ether oxygens (including phenoxy) is 1. The van der Waals surface area contributed by atoms with E-state index in [0.29, 0.717) is 43.6 Å². The van der Waals surface area contributed by atoms with E-state index in [4.69, 9.17) is 4.74 Å². The van der Waals surface area contributed by atoms with E-state index in [1.165, 1.54) is 0 Å². The normalized spacial score (nSPS) is 32.2. The summed E-state index contributed by atoms with van der Waals surface area (Å²) in [5.41, 5.74) is 0. The van der Waals surface area contributed by atoms with Gasteiger partial charge in [0.1, 0.15) is 0 Å². The average Bonchev–Trinajstić information content (AvgIpc) is 2.40. The van der Waals surface area contributed by atoms with Crippen molar-refractivity contribution in [2.24, 2.45) is 17.8 Å². The molecule has 112 valence electrons. The van der Waals surface area contributed by atoms with Crippen molar-refractivity contribution in [3.05, 3.63) is 0 Å². The number of nitrogens with one attached hydrogen (secondary N) is 1. The van der Waals surface area contributed by atoms with E-state index in [9.17, 15) is 13.2 Å². The fraction of sp³-hybridized carbons (Fsp3) is 1.00. The summed E-state index contributed by atoms with van der Waals surface area (Å²) in [6.45, 7) is 1.58. The molecule has 0 spiro atoms. The molecule has 0 aromatic rings. The van der Waals surface area contributed by atoms with Crippen molar-refractivity contribution >= 4 is 0 Å². The predicted octanol–water partition coefficient (Wildman–Crippen LogP) is 3.37. The molecule has 0 aromatic carbocycles. The molecule has 1 aliphatic carbocycles. The molecular formula is C14H24F3NO. The number of alkyl halides is 3. The largest absolute Gasteiger partial charge is 0.391 e. The molecule has 1 saturated carbocycles. The Hall–Kier alpha value is -0.290. The van der Waals surface area contributed by atoms with Gasteiger partial charge in [-0.05, 0) is 57.4 Å². The third-order valence-corrected chi connectivity index (χ3v) is 4.85. The minimum absolute atomic E-state index is 0.301. The Balaban J connectivity index is 1.87. The van der Waals surface area contributed by atoms with Gasteiger partial charge in [0.25, 0.3) is 0 Å². The molecule has 0 aromatic heterocycles. The highest BCUT2D eigenvalue weighted by atomic mass is 19.4. The molecule has 19 heavy (non-hydrogen) atoms. The molecule has 1 aliphatic heterocycles. The van der Waals surface area contributed by atoms with E-state index in [1.807, 2.05) is 7.05 Å². The van der Waals surface area contributed by atoms with Gasteiger partial charge >= 0.3 is 6.18 Å². The van der Waals surface area contributed by atoms with Gasteiger partial charge in [0, 0.05) is 19.3 Å². The highest BCUT2D eigenvalue weighted by Crippen LogP contribution is 2.42. The highest BCUT2D eigenvalue weighted by molar-refractivity contribution is 4.88. The lowest BCUT2D eigenvalue weighted by Gasteiger charge is -2.39. The zero-order valence-corrected chi connectivity index (χ0v) is 11.5. The number of hydrogen-bond acceptors (Lipinski definition) is 2. The second-order valence-electron chi connectivity index (χ2n) is 5.92. The number of halogens is 3. The van der Waals surface area contributed by atoms with E-state index in [1.54, 1.807) is 0 Å². The van der Waals surface area contributed by atoms with Crippen LogP contribution in [0.3, 0.4) is 0 Å². The lowest BCUT2D eigenvalue weighted by molar-refractivity contribution is -0.184. The van der Waals surface area contributed by atoms with E-state index >= 15 is 0 Å². The predicted molar refractivity (Wildman–Crippen MR) is 67.9 cm³/mol. The second-order valence-corrected chi connectivity index (χ2v) is 5.92. The van der Waals surface area contributed by atoms with Crippen molar-refractivity contribution in [2.75, 3.05) is 20.3 Å². The SMILES string of the molecule is CNC(C1CCOCC1)C1CCC(C(F)(F)F)CC1. The maximum absolute atomic E-state index is 12.7. The van der Waals surface area contributed by atoms with E-state index in [0.717, 1.165) is 26.1 Å². The maximum atomic E-state index is 12.7. The minimum atomic E-state index is -4.00. The van der Waals surface area contributed by atoms with Gasteiger partial charge in [-0.2, -0.15) is 13.2 Å². The molecule has 2 fully saturated rings. The van der Waals surface area contributed by atoms with Crippen LogP contribution in [0, 0.1) is 17.8 Å². The fourth-order valence-electron chi connectivity index (χ4n) is 3.74. The van der Waals surface area contributed by atoms with E-state index in [-0.39, 0.29) is 0 Å². The molecule has 1 heterocycles. The van der Waals surface area contributed by atoms with Crippen LogP contribution in [0.2, 0.25) is 0 Å². The lowest BCUT2D eigenvalue weighted by atomic mass is 9.73. The molecule has 0 bridgehead atoms. The van der Waals surface area contributed by atoms with Gasteiger partial charge < -0.3 is 10.1 Å². The van der Waals surface area contributed by atoms with Crippen LogP contribution in [0.25, 0.3) is 0 Å². The van der Waals surface area contributed by atoms with Crippen molar-refractivity contribution in [1.29, 1.82) is 0 Å². The fourth-order valence-corrected chi connectivity index (χ4v) is 3.74. The molecule has 2 rings (SSSR count). The Bertz CT molecular complexity index is 268. The summed E-state index contributed by atoms with van der Waals surface area (Å²) in [6, 6.07) is 0.359. The van der Waals surface area contributed by atoms with Gasteiger partial charge in [-0.25, -0.2) is 0 Å². The summed E-state index contributed by atoms with van der Waals surface area (Å²) in [4.78, 5) is 0. The van der Waals surface area contributed by atoms with Gasteiger partial charge in [-0.3, -0.25) is 0 Å². The third kappa shape index (κ3) is 3.85. The van der Waals surface area contributed by atoms with Crippen LogP contribution in [0.1, 0.15) is 38.5 Å². The summed E-state index contributed by atoms with van der Waals surface area (Å²) in [6.07, 6.45) is 0.0689. The average molecular weight is 279 g/mol. The first-order chi connectivity index (χ1) is 9.02. The van der Waals surface area contributed by atoms with Crippen LogP contribution < -0.4 is 5.32 Å². The molecule has 1 saturated heterocycles. The first-order valence-corrected chi connectivity index (χ1v) is 7.34. The Kier molecular flexibility index (Phi) is 5.12. The number of rotatable bonds is 3. The molecule has 2 nitrogen and oxygen atoms in total. The summed E-state index contributed by atoms with van der Waals surface area (Å²) >= 11 is 0. The first kappa shape index (κ1) is 15.1. The van der Waals surface area contributed by atoms with Crippen molar-refractivity contribution in [2.45, 2.75) is 50.7 Å². The molecule has 1 atom stereocenters. The van der Waals surface area contributed by atoms with Gasteiger partial charge in [-0.15, -0.1) is 0 Å². The molecule has 5 heteroatoms. The zero-order valence-electron chi connectivity index (χ0n) is 11.5. The van der Waals surface area contributed by atoms with Gasteiger partial charge in [0.15, 0.2) is 0 Å². The monoisotopic (exact) mass is 279 g/mol. The smallest absolute Gasteiger partial charge is 0.381 e. The third-order valence-electron chi connectivity index (χ3n) is 4.85. The van der Waals surface area contributed by atoms with Crippen LogP contribution in [-0.4, -0.2) is 32.5 Å². The van der Waals surface area contributed by atoms with Crippen molar-refractivity contribution in [1.82, 2.24) is 5.32 Å². The lowest BCUT2D eigenvalue weighted by Crippen LogP contribution is -2.44. The van der Waals surface area contributed by atoms with Crippen LogP contribution in [-0.2, 0) is 4.74 Å². The topological polar surface area (TPSA) is 21.3 Å². The Morgan fingerprint density at radius 3 is 1.95 bits per heavy atom. The Labute approximate surface area is 113 Å². The quantitative estimate of drug-likeness (QED) is 0.855. The minimum Gasteiger partial charge on any atom is -0.381 e. The molecule has 0 amide bonds. The number of hydrogen-bond donors (Lipinski definition) is 1. The molecule has 1 unspecified atom stereocenters. The Morgan fingerprint density at radius 1 is 0.947 bits per heavy atom. The van der Waals surface area contributed by atoms with Crippen LogP contribution in [0.15, 0.2) is 0 Å². The molecule has 0 radical (unpaired) electrons. The van der Waals surface area contributed by atoms with E-state index in [2.05, 4.69) is 5.32 Å². The molecular weight excluding hydrogens is 255 g/mol. The van der Waals surface area contributed by atoms with Gasteiger partial charge in [0.05, 0.1) is 5.92 Å². The summed E-state index contributed by atoms with van der Waals surface area (Å²) in [5, 5.41) is 3.36.